The summed E-state index contributed by atoms with van der Waals surface area (Å²) in [4.78, 5) is 8.70. The van der Waals surface area contributed by atoms with Gasteiger partial charge in [0.15, 0.2) is 5.82 Å². The fourth-order valence-corrected chi connectivity index (χ4v) is 2.49. The molecule has 94 valence electrons. The van der Waals surface area contributed by atoms with Crippen LogP contribution in [0, 0.1) is 9.39 Å². The number of aromatic nitrogens is 2. The van der Waals surface area contributed by atoms with Crippen molar-refractivity contribution in [1.82, 2.24) is 9.97 Å². The van der Waals surface area contributed by atoms with Gasteiger partial charge >= 0.3 is 0 Å². The lowest BCUT2D eigenvalue weighted by molar-refractivity contribution is 0.628. The van der Waals surface area contributed by atoms with Crippen LogP contribution in [-0.4, -0.2) is 9.97 Å². The van der Waals surface area contributed by atoms with Crippen molar-refractivity contribution in [3.63, 3.8) is 0 Å². The van der Waals surface area contributed by atoms with Gasteiger partial charge in [0.2, 0.25) is 0 Å². The number of nitrogens with zero attached hydrogens (tertiary/aromatic N) is 2. The van der Waals surface area contributed by atoms with E-state index in [1.54, 1.807) is 12.1 Å². The van der Waals surface area contributed by atoms with Gasteiger partial charge in [-0.3, -0.25) is 0 Å². The number of rotatable bonds is 2. The molecule has 0 bridgehead atoms. The number of halogens is 2. The number of nitrogen functional groups attached to an aromatic ring is 1. The predicted octanol–water partition coefficient (Wildman–Crippen LogP) is 3.59. The molecule has 0 spiro atoms. The van der Waals surface area contributed by atoms with Crippen LogP contribution in [0.5, 0.6) is 0 Å². The summed E-state index contributed by atoms with van der Waals surface area (Å²) in [5, 5.41) is 0. The number of hydrogen-bond donors (Lipinski definition) is 1. The first-order valence-electron chi connectivity index (χ1n) is 5.58. The van der Waals surface area contributed by atoms with Gasteiger partial charge in [-0.25, -0.2) is 14.4 Å². The molecule has 2 rings (SSSR count). The molecule has 2 aromatic rings. The van der Waals surface area contributed by atoms with Gasteiger partial charge in [-0.05, 0) is 40.6 Å². The van der Waals surface area contributed by atoms with E-state index in [1.165, 1.54) is 12.1 Å². The number of benzene rings is 1. The Kier molecular flexibility index (Phi) is 3.79. The van der Waals surface area contributed by atoms with Crippen LogP contribution in [0.3, 0.4) is 0 Å². The average molecular weight is 357 g/mol. The van der Waals surface area contributed by atoms with E-state index in [0.717, 1.165) is 9.26 Å². The van der Waals surface area contributed by atoms with Crippen LogP contribution < -0.4 is 5.73 Å². The van der Waals surface area contributed by atoms with Gasteiger partial charge in [0.1, 0.15) is 11.6 Å². The Morgan fingerprint density at radius 3 is 2.61 bits per heavy atom. The molecule has 0 amide bonds. The quantitative estimate of drug-likeness (QED) is 0.836. The zero-order valence-corrected chi connectivity index (χ0v) is 12.3. The standard InChI is InChI=1S/C13H13FIN3/c1-7(2)11-10(15)12(16)18-13(17-11)8-4-3-5-9(14)6-8/h3-7H,1-2H3,(H2,16,17,18). The van der Waals surface area contributed by atoms with Crippen molar-refractivity contribution >= 4 is 28.4 Å². The summed E-state index contributed by atoms with van der Waals surface area (Å²) in [6.45, 7) is 4.08. The monoisotopic (exact) mass is 357 g/mol. The van der Waals surface area contributed by atoms with E-state index >= 15 is 0 Å². The Morgan fingerprint density at radius 1 is 1.28 bits per heavy atom. The lowest BCUT2D eigenvalue weighted by Crippen LogP contribution is -2.06. The van der Waals surface area contributed by atoms with Crippen molar-refractivity contribution in [3.05, 3.63) is 39.3 Å². The summed E-state index contributed by atoms with van der Waals surface area (Å²) >= 11 is 2.14. The predicted molar refractivity (Wildman–Crippen MR) is 78.6 cm³/mol. The zero-order valence-electron chi connectivity index (χ0n) is 10.1. The van der Waals surface area contributed by atoms with E-state index in [1.807, 2.05) is 13.8 Å². The summed E-state index contributed by atoms with van der Waals surface area (Å²) in [7, 11) is 0. The Bertz CT molecular complexity index is 584. The Balaban J connectivity index is 2.59. The maximum atomic E-state index is 13.2. The topological polar surface area (TPSA) is 51.8 Å². The highest BCUT2D eigenvalue weighted by molar-refractivity contribution is 14.1. The van der Waals surface area contributed by atoms with Crippen LogP contribution in [0.15, 0.2) is 24.3 Å². The highest BCUT2D eigenvalue weighted by atomic mass is 127. The molecule has 0 aliphatic carbocycles. The van der Waals surface area contributed by atoms with E-state index in [4.69, 9.17) is 5.73 Å². The van der Waals surface area contributed by atoms with E-state index < -0.39 is 0 Å². The second kappa shape index (κ2) is 5.17. The van der Waals surface area contributed by atoms with E-state index in [9.17, 15) is 4.39 Å². The second-order valence-corrected chi connectivity index (χ2v) is 5.38. The molecule has 0 unspecified atom stereocenters. The second-order valence-electron chi connectivity index (χ2n) is 4.30. The summed E-state index contributed by atoms with van der Waals surface area (Å²) in [5.74, 6) is 0.846. The molecule has 5 heteroatoms. The highest BCUT2D eigenvalue weighted by Crippen LogP contribution is 2.26. The maximum absolute atomic E-state index is 13.2. The Labute approximate surface area is 119 Å². The summed E-state index contributed by atoms with van der Waals surface area (Å²) < 4.78 is 14.1. The minimum absolute atomic E-state index is 0.245. The average Bonchev–Trinajstić information content (AvgIpc) is 2.32. The van der Waals surface area contributed by atoms with Gasteiger partial charge in [0, 0.05) is 5.56 Å². The molecule has 1 aromatic heterocycles. The zero-order chi connectivity index (χ0) is 13.3. The minimum Gasteiger partial charge on any atom is -0.383 e. The normalized spacial score (nSPS) is 10.9. The Morgan fingerprint density at radius 2 is 2.00 bits per heavy atom. The van der Waals surface area contributed by atoms with Crippen molar-refractivity contribution in [2.75, 3.05) is 5.73 Å². The van der Waals surface area contributed by atoms with E-state index in [2.05, 4.69) is 32.6 Å². The third kappa shape index (κ3) is 2.60. The van der Waals surface area contributed by atoms with Gasteiger partial charge in [-0.2, -0.15) is 0 Å². The van der Waals surface area contributed by atoms with Gasteiger partial charge in [-0.1, -0.05) is 26.0 Å². The molecule has 1 heterocycles. The molecule has 18 heavy (non-hydrogen) atoms. The SMILES string of the molecule is CC(C)c1nc(-c2cccc(F)c2)nc(N)c1I. The van der Waals surface area contributed by atoms with Crippen LogP contribution in [0.4, 0.5) is 10.2 Å². The highest BCUT2D eigenvalue weighted by Gasteiger charge is 2.14. The summed E-state index contributed by atoms with van der Waals surface area (Å²) in [6.07, 6.45) is 0. The molecule has 0 aliphatic heterocycles. The fourth-order valence-electron chi connectivity index (χ4n) is 1.62. The van der Waals surface area contributed by atoms with Crippen molar-refractivity contribution in [1.29, 1.82) is 0 Å². The lowest BCUT2D eigenvalue weighted by Gasteiger charge is -2.11. The van der Waals surface area contributed by atoms with Crippen LogP contribution in [0.2, 0.25) is 0 Å². The smallest absolute Gasteiger partial charge is 0.161 e. The molecule has 0 saturated heterocycles. The molecule has 0 saturated carbocycles. The fraction of sp³-hybridized carbons (Fsp3) is 0.231. The summed E-state index contributed by atoms with van der Waals surface area (Å²) in [5.41, 5.74) is 7.41. The van der Waals surface area contributed by atoms with Gasteiger partial charge < -0.3 is 5.73 Å². The largest absolute Gasteiger partial charge is 0.383 e. The molecular formula is C13H13FIN3. The maximum Gasteiger partial charge on any atom is 0.161 e. The Hall–Kier alpha value is -1.24. The van der Waals surface area contributed by atoms with E-state index in [-0.39, 0.29) is 11.7 Å². The van der Waals surface area contributed by atoms with Crippen LogP contribution in [0.25, 0.3) is 11.4 Å². The molecule has 0 fully saturated rings. The first-order chi connectivity index (χ1) is 8.49. The minimum atomic E-state index is -0.306. The molecule has 3 nitrogen and oxygen atoms in total. The number of anilines is 1. The van der Waals surface area contributed by atoms with Crippen molar-refractivity contribution in [2.24, 2.45) is 0 Å². The van der Waals surface area contributed by atoms with Crippen LogP contribution in [0.1, 0.15) is 25.5 Å². The molecular weight excluding hydrogens is 344 g/mol. The first-order valence-corrected chi connectivity index (χ1v) is 6.65. The van der Waals surface area contributed by atoms with E-state index in [0.29, 0.717) is 17.2 Å². The number of hydrogen-bond acceptors (Lipinski definition) is 3. The number of nitrogens with two attached hydrogens (primary N) is 1. The summed E-state index contributed by atoms with van der Waals surface area (Å²) in [6, 6.07) is 6.21. The van der Waals surface area contributed by atoms with Gasteiger partial charge in [-0.15, -0.1) is 0 Å². The van der Waals surface area contributed by atoms with Crippen LogP contribution in [-0.2, 0) is 0 Å². The molecule has 0 atom stereocenters. The molecule has 0 aliphatic rings. The third-order valence-corrected chi connectivity index (χ3v) is 3.64. The molecule has 0 radical (unpaired) electrons. The molecule has 2 N–H and O–H groups in total. The van der Waals surface area contributed by atoms with Crippen molar-refractivity contribution in [3.8, 4) is 11.4 Å². The van der Waals surface area contributed by atoms with Crippen LogP contribution >= 0.6 is 22.6 Å². The first kappa shape index (κ1) is 13.2. The lowest BCUT2D eigenvalue weighted by atomic mass is 10.1. The van der Waals surface area contributed by atoms with Crippen molar-refractivity contribution in [2.45, 2.75) is 19.8 Å². The van der Waals surface area contributed by atoms with Gasteiger partial charge in [0.25, 0.3) is 0 Å². The van der Waals surface area contributed by atoms with Gasteiger partial charge in [0.05, 0.1) is 9.26 Å². The van der Waals surface area contributed by atoms with Crippen molar-refractivity contribution < 1.29 is 4.39 Å². The third-order valence-electron chi connectivity index (χ3n) is 2.53. The molecule has 1 aromatic carbocycles.